The van der Waals surface area contributed by atoms with Gasteiger partial charge in [-0.25, -0.2) is 0 Å². The van der Waals surface area contributed by atoms with E-state index in [1.54, 1.807) is 7.11 Å². The Bertz CT molecular complexity index is 173. The van der Waals surface area contributed by atoms with Gasteiger partial charge in [0.25, 0.3) is 0 Å². The van der Waals surface area contributed by atoms with Gasteiger partial charge in [0.15, 0.2) is 0 Å². The van der Waals surface area contributed by atoms with Crippen LogP contribution in [0.1, 0.15) is 32.6 Å². The van der Waals surface area contributed by atoms with Crippen LogP contribution in [-0.2, 0) is 4.74 Å². The minimum atomic E-state index is 0.342. The Hall–Kier alpha value is -0.550. The van der Waals surface area contributed by atoms with Crippen molar-refractivity contribution < 1.29 is 4.74 Å². The Balaban J connectivity index is 2.51. The van der Waals surface area contributed by atoms with Crippen LogP contribution >= 0.6 is 0 Å². The number of hydrogen-bond donors (Lipinski definition) is 0. The summed E-state index contributed by atoms with van der Waals surface area (Å²) in [6, 6.07) is 2.24. The number of methoxy groups -OCH3 is 1. The van der Waals surface area contributed by atoms with E-state index in [9.17, 15) is 0 Å². The molecule has 0 bridgehead atoms. The molecule has 1 fully saturated rings. The molecule has 12 heavy (non-hydrogen) atoms. The summed E-state index contributed by atoms with van der Waals surface area (Å²) >= 11 is 0. The highest BCUT2D eigenvalue weighted by Crippen LogP contribution is 2.36. The molecule has 0 aromatic rings. The Morgan fingerprint density at radius 1 is 1.42 bits per heavy atom. The normalized spacial score (nSPS) is 34.9. The summed E-state index contributed by atoms with van der Waals surface area (Å²) < 4.78 is 5.43. The number of nitriles is 1. The van der Waals surface area contributed by atoms with Crippen LogP contribution in [0.3, 0.4) is 0 Å². The summed E-state index contributed by atoms with van der Waals surface area (Å²) in [6.45, 7) is 2.20. The Kier molecular flexibility index (Phi) is 3.55. The Morgan fingerprint density at radius 3 is 2.58 bits per heavy atom. The first-order valence-corrected chi connectivity index (χ1v) is 4.73. The fourth-order valence-corrected chi connectivity index (χ4v) is 2.30. The van der Waals surface area contributed by atoms with E-state index in [0.29, 0.717) is 24.4 Å². The van der Waals surface area contributed by atoms with Crippen LogP contribution < -0.4 is 0 Å². The van der Waals surface area contributed by atoms with E-state index in [4.69, 9.17) is 10.00 Å². The summed E-state index contributed by atoms with van der Waals surface area (Å²) in [4.78, 5) is 0. The van der Waals surface area contributed by atoms with E-state index in [2.05, 4.69) is 13.0 Å². The first-order valence-electron chi connectivity index (χ1n) is 4.73. The van der Waals surface area contributed by atoms with Crippen LogP contribution in [0, 0.1) is 23.2 Å². The average Bonchev–Trinajstić information content (AvgIpc) is 2.47. The molecule has 3 atom stereocenters. The van der Waals surface area contributed by atoms with Crippen LogP contribution in [0.25, 0.3) is 0 Å². The molecule has 0 N–H and O–H groups in total. The molecule has 3 unspecified atom stereocenters. The molecule has 0 radical (unpaired) electrons. The highest BCUT2D eigenvalue weighted by molar-refractivity contribution is 4.90. The third-order valence-electron chi connectivity index (χ3n) is 2.99. The fraction of sp³-hybridized carbons (Fsp3) is 0.900. The van der Waals surface area contributed by atoms with Gasteiger partial charge < -0.3 is 4.74 Å². The number of hydrogen-bond acceptors (Lipinski definition) is 2. The summed E-state index contributed by atoms with van der Waals surface area (Å²) in [5.41, 5.74) is 0. The monoisotopic (exact) mass is 167 g/mol. The molecular weight excluding hydrogens is 150 g/mol. The van der Waals surface area contributed by atoms with E-state index in [1.807, 2.05) is 0 Å². The summed E-state index contributed by atoms with van der Waals surface area (Å²) in [5.74, 6) is 1.18. The van der Waals surface area contributed by atoms with Gasteiger partial charge >= 0.3 is 0 Å². The summed E-state index contributed by atoms with van der Waals surface area (Å²) in [7, 11) is 1.77. The molecule has 1 aliphatic rings. The molecule has 2 nitrogen and oxygen atoms in total. The molecule has 0 aromatic carbocycles. The van der Waals surface area contributed by atoms with Gasteiger partial charge in [-0.1, -0.05) is 13.3 Å². The van der Waals surface area contributed by atoms with Crippen LogP contribution in [0.4, 0.5) is 0 Å². The largest absolute Gasteiger partial charge is 0.381 e. The topological polar surface area (TPSA) is 33.0 Å². The van der Waals surface area contributed by atoms with E-state index < -0.39 is 0 Å². The fourth-order valence-electron chi connectivity index (χ4n) is 2.30. The lowest BCUT2D eigenvalue weighted by Crippen LogP contribution is -2.23. The molecular formula is C10H17NO. The van der Waals surface area contributed by atoms with Crippen LogP contribution in [0.2, 0.25) is 0 Å². The van der Waals surface area contributed by atoms with Crippen molar-refractivity contribution in [3.05, 3.63) is 0 Å². The smallest absolute Gasteiger partial charge is 0.0637 e. The maximum Gasteiger partial charge on any atom is 0.0637 e. The van der Waals surface area contributed by atoms with Gasteiger partial charge in [-0.2, -0.15) is 5.26 Å². The number of ether oxygens (including phenoxy) is 1. The van der Waals surface area contributed by atoms with Gasteiger partial charge in [0, 0.05) is 13.5 Å². The minimum Gasteiger partial charge on any atom is -0.381 e. The van der Waals surface area contributed by atoms with Crippen molar-refractivity contribution in [1.29, 1.82) is 5.26 Å². The van der Waals surface area contributed by atoms with Crippen LogP contribution in [0.15, 0.2) is 0 Å². The lowest BCUT2D eigenvalue weighted by molar-refractivity contribution is 0.0381. The summed E-state index contributed by atoms with van der Waals surface area (Å²) in [5, 5.41) is 8.59. The molecule has 0 aliphatic heterocycles. The second-order valence-corrected chi connectivity index (χ2v) is 3.57. The Labute approximate surface area is 74.5 Å². The van der Waals surface area contributed by atoms with Gasteiger partial charge in [0.2, 0.25) is 0 Å². The SMILES string of the molecule is CCC1CCC(CC#N)C1OC. The van der Waals surface area contributed by atoms with E-state index in [-0.39, 0.29) is 0 Å². The molecule has 0 spiro atoms. The molecule has 0 saturated heterocycles. The Morgan fingerprint density at radius 2 is 2.08 bits per heavy atom. The number of rotatable bonds is 3. The van der Waals surface area contributed by atoms with Gasteiger partial charge in [-0.05, 0) is 24.7 Å². The first kappa shape index (κ1) is 9.54. The predicted octanol–water partition coefficient (Wildman–Crippen LogP) is 2.35. The molecule has 1 saturated carbocycles. The quantitative estimate of drug-likeness (QED) is 0.646. The van der Waals surface area contributed by atoms with Gasteiger partial charge in [-0.15, -0.1) is 0 Å². The van der Waals surface area contributed by atoms with Crippen molar-refractivity contribution in [3.8, 4) is 6.07 Å². The zero-order valence-electron chi connectivity index (χ0n) is 7.92. The molecule has 1 aliphatic carbocycles. The van der Waals surface area contributed by atoms with E-state index >= 15 is 0 Å². The maximum atomic E-state index is 8.59. The lowest BCUT2D eigenvalue weighted by atomic mass is 9.97. The molecule has 0 aromatic heterocycles. The standard InChI is InChI=1S/C10H17NO/c1-3-8-4-5-9(6-7-11)10(8)12-2/h8-10H,3-6H2,1-2H3. The van der Waals surface area contributed by atoms with Crippen molar-refractivity contribution in [2.45, 2.75) is 38.7 Å². The van der Waals surface area contributed by atoms with Gasteiger partial charge in [-0.3, -0.25) is 0 Å². The minimum absolute atomic E-state index is 0.342. The van der Waals surface area contributed by atoms with Crippen molar-refractivity contribution in [2.75, 3.05) is 7.11 Å². The second-order valence-electron chi connectivity index (χ2n) is 3.57. The number of nitrogens with zero attached hydrogens (tertiary/aromatic N) is 1. The highest BCUT2D eigenvalue weighted by atomic mass is 16.5. The molecule has 68 valence electrons. The van der Waals surface area contributed by atoms with Crippen molar-refractivity contribution in [1.82, 2.24) is 0 Å². The molecule has 2 heteroatoms. The van der Waals surface area contributed by atoms with Crippen LogP contribution in [-0.4, -0.2) is 13.2 Å². The summed E-state index contributed by atoms with van der Waals surface area (Å²) in [6.07, 6.45) is 4.59. The highest BCUT2D eigenvalue weighted by Gasteiger charge is 2.34. The second kappa shape index (κ2) is 4.47. The zero-order chi connectivity index (χ0) is 8.97. The third kappa shape index (κ3) is 1.78. The lowest BCUT2D eigenvalue weighted by Gasteiger charge is -2.20. The molecule has 1 rings (SSSR count). The van der Waals surface area contributed by atoms with Crippen LogP contribution in [0.5, 0.6) is 0 Å². The predicted molar refractivity (Wildman–Crippen MR) is 47.5 cm³/mol. The van der Waals surface area contributed by atoms with E-state index in [1.165, 1.54) is 19.3 Å². The first-order chi connectivity index (χ1) is 5.83. The average molecular weight is 167 g/mol. The van der Waals surface area contributed by atoms with Gasteiger partial charge in [0.05, 0.1) is 12.2 Å². The molecule has 0 heterocycles. The maximum absolute atomic E-state index is 8.59. The molecule has 0 amide bonds. The van der Waals surface area contributed by atoms with Gasteiger partial charge in [0.1, 0.15) is 0 Å². The van der Waals surface area contributed by atoms with Crippen molar-refractivity contribution in [2.24, 2.45) is 11.8 Å². The zero-order valence-corrected chi connectivity index (χ0v) is 7.92. The van der Waals surface area contributed by atoms with Crippen molar-refractivity contribution in [3.63, 3.8) is 0 Å². The van der Waals surface area contributed by atoms with Crippen molar-refractivity contribution >= 4 is 0 Å². The van der Waals surface area contributed by atoms with E-state index in [0.717, 1.165) is 0 Å². The third-order valence-corrected chi connectivity index (χ3v) is 2.99.